The van der Waals surface area contributed by atoms with Crippen molar-refractivity contribution in [3.63, 3.8) is 0 Å². The van der Waals surface area contributed by atoms with Gasteiger partial charge in [0.2, 0.25) is 0 Å². The molecular formula is C7H11NO3. The van der Waals surface area contributed by atoms with E-state index in [9.17, 15) is 5.11 Å². The molecule has 0 amide bonds. The molecule has 0 radical (unpaired) electrons. The van der Waals surface area contributed by atoms with Gasteiger partial charge in [0.25, 0.3) is 0 Å². The van der Waals surface area contributed by atoms with Gasteiger partial charge < -0.3 is 20.0 Å². The van der Waals surface area contributed by atoms with Gasteiger partial charge in [-0.2, -0.15) is 0 Å². The average molecular weight is 157 g/mol. The summed E-state index contributed by atoms with van der Waals surface area (Å²) in [5.41, 5.74) is -0.612. The molecule has 3 atom stereocenters. The molecular weight excluding hydrogens is 146 g/mol. The summed E-state index contributed by atoms with van der Waals surface area (Å²) in [7, 11) is 0. The lowest BCUT2D eigenvalue weighted by Crippen LogP contribution is -2.40. The first-order valence-corrected chi connectivity index (χ1v) is 3.74. The van der Waals surface area contributed by atoms with Crippen LogP contribution in [0, 0.1) is 5.41 Å². The molecule has 0 saturated carbocycles. The van der Waals surface area contributed by atoms with Crippen LogP contribution in [0.15, 0.2) is 0 Å². The second-order valence-electron chi connectivity index (χ2n) is 3.02. The van der Waals surface area contributed by atoms with E-state index in [1.165, 1.54) is 6.21 Å². The summed E-state index contributed by atoms with van der Waals surface area (Å²) in [4.78, 5) is 0. The Balaban J connectivity index is 2.25. The van der Waals surface area contributed by atoms with Crippen LogP contribution in [-0.4, -0.2) is 42.3 Å². The fourth-order valence-corrected chi connectivity index (χ4v) is 1.74. The Hall–Kier alpha value is -0.450. The van der Waals surface area contributed by atoms with Crippen molar-refractivity contribution in [2.75, 3.05) is 13.2 Å². The summed E-state index contributed by atoms with van der Waals surface area (Å²) in [6, 6.07) is 0. The molecule has 2 aliphatic heterocycles. The number of nitrogens with one attached hydrogen (secondary N) is 1. The SMILES string of the molecule is N=C[C@@]12CCO[C@@H]1[C@H](O)CO2. The first-order valence-electron chi connectivity index (χ1n) is 3.74. The Labute approximate surface area is 64.6 Å². The van der Waals surface area contributed by atoms with Gasteiger partial charge in [0, 0.05) is 12.6 Å². The van der Waals surface area contributed by atoms with Crippen molar-refractivity contribution in [1.29, 1.82) is 5.41 Å². The Bertz CT molecular complexity index is 185. The highest BCUT2D eigenvalue weighted by Gasteiger charge is 2.52. The lowest BCUT2D eigenvalue weighted by molar-refractivity contribution is 0.0101. The lowest BCUT2D eigenvalue weighted by atomic mass is 9.96. The maximum Gasteiger partial charge on any atom is 0.133 e. The fraction of sp³-hybridized carbons (Fsp3) is 0.857. The smallest absolute Gasteiger partial charge is 0.133 e. The largest absolute Gasteiger partial charge is 0.388 e. The van der Waals surface area contributed by atoms with Crippen LogP contribution in [0.1, 0.15) is 6.42 Å². The third-order valence-corrected chi connectivity index (χ3v) is 2.39. The normalized spacial score (nSPS) is 49.2. The van der Waals surface area contributed by atoms with Gasteiger partial charge in [0.05, 0.1) is 13.2 Å². The third kappa shape index (κ3) is 0.834. The minimum atomic E-state index is -0.612. The number of fused-ring (bicyclic) bond motifs is 1. The first-order chi connectivity index (χ1) is 5.28. The predicted octanol–water partition coefficient (Wildman–Crippen LogP) is -0.445. The summed E-state index contributed by atoms with van der Waals surface area (Å²) in [5.74, 6) is 0. The molecule has 0 aromatic carbocycles. The van der Waals surface area contributed by atoms with Gasteiger partial charge in [-0.15, -0.1) is 0 Å². The number of aliphatic hydroxyl groups excluding tert-OH is 1. The van der Waals surface area contributed by atoms with Crippen LogP contribution in [0.2, 0.25) is 0 Å². The molecule has 2 heterocycles. The Kier molecular flexibility index (Phi) is 1.49. The number of hydrogen-bond donors (Lipinski definition) is 2. The quantitative estimate of drug-likeness (QED) is 0.507. The van der Waals surface area contributed by atoms with Crippen molar-refractivity contribution >= 4 is 6.21 Å². The molecule has 2 saturated heterocycles. The molecule has 11 heavy (non-hydrogen) atoms. The monoisotopic (exact) mass is 157 g/mol. The second kappa shape index (κ2) is 2.27. The highest BCUT2D eigenvalue weighted by molar-refractivity contribution is 5.68. The molecule has 2 aliphatic rings. The molecule has 2 N–H and O–H groups in total. The predicted molar refractivity (Wildman–Crippen MR) is 37.8 cm³/mol. The van der Waals surface area contributed by atoms with Gasteiger partial charge in [-0.05, 0) is 0 Å². The zero-order chi connectivity index (χ0) is 7.90. The van der Waals surface area contributed by atoms with Crippen molar-refractivity contribution in [1.82, 2.24) is 0 Å². The van der Waals surface area contributed by atoms with Crippen LogP contribution < -0.4 is 0 Å². The fourth-order valence-electron chi connectivity index (χ4n) is 1.74. The molecule has 62 valence electrons. The molecule has 4 nitrogen and oxygen atoms in total. The van der Waals surface area contributed by atoms with E-state index in [4.69, 9.17) is 14.9 Å². The van der Waals surface area contributed by atoms with Crippen LogP contribution in [0.5, 0.6) is 0 Å². The maximum atomic E-state index is 9.34. The third-order valence-electron chi connectivity index (χ3n) is 2.39. The number of aliphatic hydroxyl groups is 1. The zero-order valence-electron chi connectivity index (χ0n) is 6.12. The minimum absolute atomic E-state index is 0.292. The Morgan fingerprint density at radius 1 is 1.64 bits per heavy atom. The van der Waals surface area contributed by atoms with Crippen LogP contribution in [0.3, 0.4) is 0 Å². The van der Waals surface area contributed by atoms with Crippen LogP contribution >= 0.6 is 0 Å². The van der Waals surface area contributed by atoms with E-state index in [1.807, 2.05) is 0 Å². The molecule has 0 unspecified atom stereocenters. The standard InChI is InChI=1S/C7H11NO3/c8-4-7-1-2-10-6(7)5(9)3-11-7/h4-6,8-9H,1-3H2/t5-,6-,7+/m1/s1. The summed E-state index contributed by atoms with van der Waals surface area (Å²) in [6.45, 7) is 0.872. The van der Waals surface area contributed by atoms with Crippen molar-refractivity contribution in [3.8, 4) is 0 Å². The van der Waals surface area contributed by atoms with E-state index in [0.29, 0.717) is 19.6 Å². The van der Waals surface area contributed by atoms with Gasteiger partial charge in [-0.3, -0.25) is 0 Å². The van der Waals surface area contributed by atoms with Crippen LogP contribution in [0.4, 0.5) is 0 Å². The number of ether oxygens (including phenoxy) is 2. The van der Waals surface area contributed by atoms with E-state index >= 15 is 0 Å². The first kappa shape index (κ1) is 7.21. The maximum absolute atomic E-state index is 9.34. The van der Waals surface area contributed by atoms with Gasteiger partial charge >= 0.3 is 0 Å². The average Bonchev–Trinajstić information content (AvgIpc) is 2.53. The molecule has 0 spiro atoms. The molecule has 0 bridgehead atoms. The van der Waals surface area contributed by atoms with Gasteiger partial charge in [0.15, 0.2) is 0 Å². The van der Waals surface area contributed by atoms with Crippen molar-refractivity contribution in [3.05, 3.63) is 0 Å². The topological polar surface area (TPSA) is 62.5 Å². The lowest BCUT2D eigenvalue weighted by Gasteiger charge is -2.20. The zero-order valence-corrected chi connectivity index (χ0v) is 6.12. The van der Waals surface area contributed by atoms with E-state index in [-0.39, 0.29) is 6.10 Å². The molecule has 2 rings (SSSR count). The van der Waals surface area contributed by atoms with Crippen molar-refractivity contribution < 1.29 is 14.6 Å². The molecule has 4 heteroatoms. The van der Waals surface area contributed by atoms with E-state index < -0.39 is 11.7 Å². The summed E-state index contributed by atoms with van der Waals surface area (Å²) in [6.07, 6.45) is 1.08. The second-order valence-corrected chi connectivity index (χ2v) is 3.02. The molecule has 0 aromatic rings. The number of hydrogen-bond acceptors (Lipinski definition) is 4. The van der Waals surface area contributed by atoms with Crippen molar-refractivity contribution in [2.24, 2.45) is 0 Å². The van der Waals surface area contributed by atoms with Gasteiger partial charge in [-0.25, -0.2) is 0 Å². The van der Waals surface area contributed by atoms with E-state index in [1.54, 1.807) is 0 Å². The van der Waals surface area contributed by atoms with E-state index in [2.05, 4.69) is 0 Å². The summed E-state index contributed by atoms with van der Waals surface area (Å²) < 4.78 is 10.6. The summed E-state index contributed by atoms with van der Waals surface area (Å²) in [5, 5.41) is 16.5. The van der Waals surface area contributed by atoms with E-state index in [0.717, 1.165) is 0 Å². The highest BCUT2D eigenvalue weighted by atomic mass is 16.6. The Morgan fingerprint density at radius 3 is 3.09 bits per heavy atom. The van der Waals surface area contributed by atoms with Gasteiger partial charge in [-0.1, -0.05) is 0 Å². The molecule has 2 fully saturated rings. The van der Waals surface area contributed by atoms with Crippen molar-refractivity contribution in [2.45, 2.75) is 24.2 Å². The minimum Gasteiger partial charge on any atom is -0.388 e. The highest BCUT2D eigenvalue weighted by Crippen LogP contribution is 2.35. The van der Waals surface area contributed by atoms with Gasteiger partial charge in [0.1, 0.15) is 17.8 Å². The Morgan fingerprint density at radius 2 is 2.45 bits per heavy atom. The molecule has 0 aliphatic carbocycles. The number of rotatable bonds is 1. The van der Waals surface area contributed by atoms with Crippen LogP contribution in [-0.2, 0) is 9.47 Å². The summed E-state index contributed by atoms with van der Waals surface area (Å²) >= 11 is 0. The molecule has 0 aromatic heterocycles. The van der Waals surface area contributed by atoms with Crippen LogP contribution in [0.25, 0.3) is 0 Å².